The van der Waals surface area contributed by atoms with Gasteiger partial charge in [-0.15, -0.1) is 0 Å². The normalized spacial score (nSPS) is 20.7. The van der Waals surface area contributed by atoms with Crippen molar-refractivity contribution in [1.82, 2.24) is 4.90 Å². The van der Waals surface area contributed by atoms with Gasteiger partial charge in [0.1, 0.15) is 6.04 Å². The number of carbonyl (C=O) groups is 3. The van der Waals surface area contributed by atoms with Crippen molar-refractivity contribution in [2.45, 2.75) is 18.6 Å². The van der Waals surface area contributed by atoms with Gasteiger partial charge < -0.3 is 25.8 Å². The molecule has 2 unspecified atom stereocenters. The minimum absolute atomic E-state index is 0.230. The number of aliphatic carboxylic acids is 1. The number of methoxy groups -OCH3 is 1. The summed E-state index contributed by atoms with van der Waals surface area (Å²) < 4.78 is 5.15. The van der Waals surface area contributed by atoms with E-state index in [1.54, 1.807) is 0 Å². The first-order chi connectivity index (χ1) is 10.4. The molecule has 1 heterocycles. The summed E-state index contributed by atoms with van der Waals surface area (Å²) in [7, 11) is 1.49. The maximum Gasteiger partial charge on any atom is 0.326 e. The van der Waals surface area contributed by atoms with Crippen molar-refractivity contribution >= 4 is 23.6 Å². The monoisotopic (exact) mass is 307 g/mol. The maximum atomic E-state index is 12.5. The zero-order chi connectivity index (χ0) is 16.3. The molecule has 1 aromatic rings. The number of hydrogen-bond acceptors (Lipinski definition) is 4. The minimum atomic E-state index is -1.06. The summed E-state index contributed by atoms with van der Waals surface area (Å²) in [5, 5.41) is 11.6. The predicted molar refractivity (Wildman–Crippen MR) is 77.5 cm³/mol. The molecule has 1 saturated heterocycles. The van der Waals surface area contributed by atoms with Gasteiger partial charge in [0.25, 0.3) is 5.91 Å². The molecule has 0 radical (unpaired) electrons. The molecular weight excluding hydrogens is 290 g/mol. The topological polar surface area (TPSA) is 122 Å². The molecule has 2 rings (SSSR count). The van der Waals surface area contributed by atoms with Gasteiger partial charge in [-0.2, -0.15) is 0 Å². The van der Waals surface area contributed by atoms with Crippen LogP contribution in [0, 0.1) is 0 Å². The van der Waals surface area contributed by atoms with Gasteiger partial charge in [0.2, 0.25) is 0 Å². The van der Waals surface area contributed by atoms with E-state index in [9.17, 15) is 19.5 Å². The number of ether oxygens (including phenoxy) is 1. The second kappa shape index (κ2) is 6.44. The fourth-order valence-corrected chi connectivity index (χ4v) is 2.43. The molecule has 8 nitrogen and oxygen atoms in total. The lowest BCUT2D eigenvalue weighted by molar-refractivity contribution is -0.141. The molecule has 1 aliphatic heterocycles. The minimum Gasteiger partial charge on any atom is -0.480 e. The number of primary amides is 1. The van der Waals surface area contributed by atoms with Gasteiger partial charge in [-0.1, -0.05) is 0 Å². The number of nitrogens with one attached hydrogen (secondary N) is 1. The molecular formula is C14H17N3O5. The third-order valence-electron chi connectivity index (χ3n) is 3.54. The van der Waals surface area contributed by atoms with Crippen molar-refractivity contribution in [1.29, 1.82) is 0 Å². The number of rotatable bonds is 4. The first kappa shape index (κ1) is 15.8. The molecule has 2 atom stereocenters. The Kier molecular flexibility index (Phi) is 4.62. The van der Waals surface area contributed by atoms with Crippen LogP contribution in [0.15, 0.2) is 24.3 Å². The molecule has 0 saturated carbocycles. The van der Waals surface area contributed by atoms with E-state index >= 15 is 0 Å². The van der Waals surface area contributed by atoms with Gasteiger partial charge in [-0.3, -0.25) is 4.79 Å². The average molecular weight is 307 g/mol. The number of likely N-dealkylation sites (tertiary alicyclic amines) is 1. The molecule has 0 aromatic heterocycles. The Hall–Kier alpha value is -2.61. The summed E-state index contributed by atoms with van der Waals surface area (Å²) in [6, 6.07) is 4.46. The fourth-order valence-electron chi connectivity index (χ4n) is 2.43. The van der Waals surface area contributed by atoms with Crippen LogP contribution >= 0.6 is 0 Å². The first-order valence-corrected chi connectivity index (χ1v) is 6.65. The third kappa shape index (κ3) is 3.34. The van der Waals surface area contributed by atoms with E-state index in [1.165, 1.54) is 36.3 Å². The summed E-state index contributed by atoms with van der Waals surface area (Å²) in [5.41, 5.74) is 5.78. The summed E-state index contributed by atoms with van der Waals surface area (Å²) >= 11 is 0. The van der Waals surface area contributed by atoms with Gasteiger partial charge in [-0.25, -0.2) is 9.59 Å². The van der Waals surface area contributed by atoms with Crippen LogP contribution in [0.3, 0.4) is 0 Å². The number of urea groups is 1. The summed E-state index contributed by atoms with van der Waals surface area (Å²) in [4.78, 5) is 35.8. The van der Waals surface area contributed by atoms with Gasteiger partial charge in [0.15, 0.2) is 0 Å². The molecule has 4 N–H and O–H groups in total. The van der Waals surface area contributed by atoms with E-state index in [0.717, 1.165) is 0 Å². The fraction of sp³-hybridized carbons (Fsp3) is 0.357. The van der Waals surface area contributed by atoms with Gasteiger partial charge in [-0.05, 0) is 24.3 Å². The van der Waals surface area contributed by atoms with Crippen LogP contribution in [0.4, 0.5) is 10.5 Å². The Morgan fingerprint density at radius 3 is 2.45 bits per heavy atom. The van der Waals surface area contributed by atoms with Crippen LogP contribution in [0.1, 0.15) is 16.8 Å². The number of carboxylic acid groups (broad SMARTS) is 1. The molecule has 1 fully saturated rings. The number of benzene rings is 1. The predicted octanol–water partition coefficient (Wildman–Crippen LogP) is 0.491. The number of carbonyl (C=O) groups excluding carboxylic acids is 2. The molecule has 22 heavy (non-hydrogen) atoms. The van der Waals surface area contributed by atoms with E-state index in [1.807, 2.05) is 0 Å². The van der Waals surface area contributed by atoms with Crippen molar-refractivity contribution < 1.29 is 24.2 Å². The van der Waals surface area contributed by atoms with Crippen LogP contribution < -0.4 is 11.1 Å². The van der Waals surface area contributed by atoms with Crippen molar-refractivity contribution in [3.8, 4) is 0 Å². The molecule has 1 aromatic carbocycles. The highest BCUT2D eigenvalue weighted by Crippen LogP contribution is 2.23. The molecule has 0 spiro atoms. The highest BCUT2D eigenvalue weighted by Gasteiger charge is 2.40. The molecule has 118 valence electrons. The summed E-state index contributed by atoms with van der Waals surface area (Å²) in [5.74, 6) is -1.45. The standard InChI is InChI=1S/C14H17N3O5/c1-22-10-6-11(13(19)20)17(7-10)12(18)8-2-4-9(5-3-8)16-14(15)21/h2-5,10-11H,6-7H2,1H3,(H,19,20)(H3,15,16,21). The second-order valence-corrected chi connectivity index (χ2v) is 4.97. The number of nitrogens with two attached hydrogens (primary N) is 1. The van der Waals surface area contributed by atoms with E-state index < -0.39 is 23.9 Å². The van der Waals surface area contributed by atoms with E-state index in [0.29, 0.717) is 11.3 Å². The Labute approximate surface area is 126 Å². The molecule has 0 bridgehead atoms. The molecule has 3 amide bonds. The van der Waals surface area contributed by atoms with Crippen LogP contribution in [-0.2, 0) is 9.53 Å². The maximum absolute atomic E-state index is 12.5. The summed E-state index contributed by atoms with van der Waals surface area (Å²) in [6.45, 7) is 0.230. The third-order valence-corrected chi connectivity index (χ3v) is 3.54. The molecule has 1 aliphatic rings. The van der Waals surface area contributed by atoms with E-state index in [4.69, 9.17) is 10.5 Å². The SMILES string of the molecule is COC1CC(C(=O)O)N(C(=O)c2ccc(NC(N)=O)cc2)C1. The Morgan fingerprint density at radius 1 is 1.32 bits per heavy atom. The average Bonchev–Trinajstić information content (AvgIpc) is 2.91. The van der Waals surface area contributed by atoms with Gasteiger partial charge >= 0.3 is 12.0 Å². The number of hydrogen-bond donors (Lipinski definition) is 3. The zero-order valence-electron chi connectivity index (χ0n) is 12.0. The van der Waals surface area contributed by atoms with Gasteiger partial charge in [0.05, 0.1) is 6.10 Å². The van der Waals surface area contributed by atoms with Crippen molar-refractivity contribution in [3.05, 3.63) is 29.8 Å². The Balaban J connectivity index is 2.16. The number of anilines is 1. The highest BCUT2D eigenvalue weighted by atomic mass is 16.5. The molecule has 8 heteroatoms. The lowest BCUT2D eigenvalue weighted by atomic mass is 10.1. The Bertz CT molecular complexity index is 587. The number of amides is 3. The zero-order valence-corrected chi connectivity index (χ0v) is 12.0. The van der Waals surface area contributed by atoms with E-state index in [-0.39, 0.29) is 19.1 Å². The lowest BCUT2D eigenvalue weighted by Crippen LogP contribution is -2.40. The molecule has 0 aliphatic carbocycles. The number of carboxylic acids is 1. The van der Waals surface area contributed by atoms with Crippen molar-refractivity contribution in [2.75, 3.05) is 19.0 Å². The second-order valence-electron chi connectivity index (χ2n) is 4.97. The van der Waals surface area contributed by atoms with Crippen molar-refractivity contribution in [2.24, 2.45) is 5.73 Å². The lowest BCUT2D eigenvalue weighted by Gasteiger charge is -2.21. The first-order valence-electron chi connectivity index (χ1n) is 6.65. The van der Waals surface area contributed by atoms with Crippen LogP contribution in [0.5, 0.6) is 0 Å². The van der Waals surface area contributed by atoms with Gasteiger partial charge in [0, 0.05) is 31.3 Å². The largest absolute Gasteiger partial charge is 0.480 e. The smallest absolute Gasteiger partial charge is 0.326 e. The van der Waals surface area contributed by atoms with E-state index in [2.05, 4.69) is 5.32 Å². The quantitative estimate of drug-likeness (QED) is 0.747. The van der Waals surface area contributed by atoms with Crippen molar-refractivity contribution in [3.63, 3.8) is 0 Å². The van der Waals surface area contributed by atoms with Crippen LogP contribution in [0.25, 0.3) is 0 Å². The summed E-state index contributed by atoms with van der Waals surface area (Å²) in [6.07, 6.45) is -0.0281. The Morgan fingerprint density at radius 2 is 1.95 bits per heavy atom. The van der Waals surface area contributed by atoms with Crippen LogP contribution in [0.2, 0.25) is 0 Å². The van der Waals surface area contributed by atoms with Crippen LogP contribution in [-0.4, -0.2) is 53.7 Å². The number of nitrogens with zero attached hydrogens (tertiary/aromatic N) is 1. The highest BCUT2D eigenvalue weighted by molar-refractivity contribution is 5.97.